The first kappa shape index (κ1) is 12.7. The summed E-state index contributed by atoms with van der Waals surface area (Å²) >= 11 is 0. The quantitative estimate of drug-likeness (QED) is 0.781. The van der Waals surface area contributed by atoms with E-state index in [1.54, 1.807) is 6.26 Å². The van der Waals surface area contributed by atoms with Gasteiger partial charge in [-0.1, -0.05) is 18.2 Å². The molecule has 4 heteroatoms. The zero-order chi connectivity index (χ0) is 14.1. The van der Waals surface area contributed by atoms with Gasteiger partial charge in [0, 0.05) is 23.2 Å². The van der Waals surface area contributed by atoms with Crippen molar-refractivity contribution < 1.29 is 4.42 Å². The first-order valence-electron chi connectivity index (χ1n) is 6.76. The van der Waals surface area contributed by atoms with Gasteiger partial charge < -0.3 is 9.73 Å². The maximum Gasteiger partial charge on any atom is 0.165 e. The van der Waals surface area contributed by atoms with Crippen molar-refractivity contribution in [1.82, 2.24) is 9.97 Å². The fourth-order valence-electron chi connectivity index (χ4n) is 2.24. The number of hydrogen-bond donors (Lipinski definition) is 1. The molecule has 0 saturated carbocycles. The third-order valence-electron chi connectivity index (χ3n) is 3.46. The number of furan rings is 1. The van der Waals surface area contributed by atoms with E-state index in [0.717, 1.165) is 40.2 Å². The Labute approximate surface area is 117 Å². The molecule has 4 nitrogen and oxygen atoms in total. The number of rotatable bonds is 3. The van der Waals surface area contributed by atoms with Gasteiger partial charge >= 0.3 is 0 Å². The van der Waals surface area contributed by atoms with Crippen LogP contribution in [0.1, 0.15) is 18.2 Å². The van der Waals surface area contributed by atoms with Crippen LogP contribution in [-0.2, 0) is 0 Å². The molecule has 0 spiro atoms. The van der Waals surface area contributed by atoms with E-state index in [-0.39, 0.29) is 0 Å². The van der Waals surface area contributed by atoms with Gasteiger partial charge in [0.15, 0.2) is 5.82 Å². The zero-order valence-corrected chi connectivity index (χ0v) is 11.9. The molecule has 0 aliphatic rings. The number of aryl methyl sites for hydroxylation is 1. The van der Waals surface area contributed by atoms with Gasteiger partial charge in [0.25, 0.3) is 0 Å². The lowest BCUT2D eigenvalue weighted by molar-refractivity contribution is 0.616. The third kappa shape index (κ3) is 2.03. The molecular weight excluding hydrogens is 250 g/mol. The number of nitrogens with one attached hydrogen (secondary N) is 1. The summed E-state index contributed by atoms with van der Waals surface area (Å²) in [7, 11) is 0. The third-order valence-corrected chi connectivity index (χ3v) is 3.46. The summed E-state index contributed by atoms with van der Waals surface area (Å²) in [6, 6.07) is 7.93. The predicted molar refractivity (Wildman–Crippen MR) is 80.9 cm³/mol. The summed E-state index contributed by atoms with van der Waals surface area (Å²) in [6.45, 7) is 6.93. The summed E-state index contributed by atoms with van der Waals surface area (Å²) < 4.78 is 5.57. The second-order valence-electron chi connectivity index (χ2n) is 4.78. The van der Waals surface area contributed by atoms with Crippen LogP contribution in [0.25, 0.3) is 22.4 Å². The van der Waals surface area contributed by atoms with Crippen LogP contribution in [-0.4, -0.2) is 16.5 Å². The second kappa shape index (κ2) is 4.96. The van der Waals surface area contributed by atoms with Crippen molar-refractivity contribution >= 4 is 16.8 Å². The first-order valence-corrected chi connectivity index (χ1v) is 6.76. The standard InChI is InChI=1S/C16H17N3O/c1-4-17-15-10(2)11(3)18-16(19-15)13-9-20-14-8-6-5-7-12(13)14/h5-9H,4H2,1-3H3,(H,17,18,19). The molecule has 0 radical (unpaired) electrons. The molecule has 1 N–H and O–H groups in total. The molecule has 102 valence electrons. The van der Waals surface area contributed by atoms with Crippen LogP contribution in [0, 0.1) is 13.8 Å². The van der Waals surface area contributed by atoms with Crippen molar-refractivity contribution in [3.05, 3.63) is 41.8 Å². The van der Waals surface area contributed by atoms with Crippen LogP contribution in [0.3, 0.4) is 0 Å². The van der Waals surface area contributed by atoms with E-state index in [0.29, 0.717) is 5.82 Å². The average molecular weight is 267 g/mol. The van der Waals surface area contributed by atoms with Crippen LogP contribution in [0.2, 0.25) is 0 Å². The topological polar surface area (TPSA) is 51.0 Å². The Kier molecular flexibility index (Phi) is 3.14. The highest BCUT2D eigenvalue weighted by atomic mass is 16.3. The van der Waals surface area contributed by atoms with Gasteiger partial charge in [-0.25, -0.2) is 9.97 Å². The molecular formula is C16H17N3O. The minimum atomic E-state index is 0.703. The van der Waals surface area contributed by atoms with Gasteiger partial charge in [0.05, 0.1) is 5.56 Å². The predicted octanol–water partition coefficient (Wildman–Crippen LogP) is 3.94. The summed E-state index contributed by atoms with van der Waals surface area (Å²) in [5.41, 5.74) is 3.86. The summed E-state index contributed by atoms with van der Waals surface area (Å²) in [5.74, 6) is 1.59. The number of para-hydroxylation sites is 1. The normalized spacial score (nSPS) is 10.9. The van der Waals surface area contributed by atoms with Crippen molar-refractivity contribution in [2.24, 2.45) is 0 Å². The number of aromatic nitrogens is 2. The molecule has 2 aromatic heterocycles. The molecule has 0 aliphatic carbocycles. The molecule has 0 atom stereocenters. The Morgan fingerprint density at radius 1 is 1.15 bits per heavy atom. The van der Waals surface area contributed by atoms with Gasteiger partial charge in [-0.15, -0.1) is 0 Å². The van der Waals surface area contributed by atoms with Crippen molar-refractivity contribution in [2.75, 3.05) is 11.9 Å². The minimum absolute atomic E-state index is 0.703. The smallest absolute Gasteiger partial charge is 0.165 e. The van der Waals surface area contributed by atoms with Gasteiger partial charge in [-0.2, -0.15) is 0 Å². The summed E-state index contributed by atoms with van der Waals surface area (Å²) in [6.07, 6.45) is 1.73. The van der Waals surface area contributed by atoms with E-state index >= 15 is 0 Å². The van der Waals surface area contributed by atoms with Crippen LogP contribution >= 0.6 is 0 Å². The zero-order valence-electron chi connectivity index (χ0n) is 11.9. The van der Waals surface area contributed by atoms with Crippen molar-refractivity contribution in [1.29, 1.82) is 0 Å². The molecule has 0 amide bonds. The molecule has 0 unspecified atom stereocenters. The van der Waals surface area contributed by atoms with Crippen molar-refractivity contribution in [3.8, 4) is 11.4 Å². The number of fused-ring (bicyclic) bond motifs is 1. The molecule has 1 aromatic carbocycles. The van der Waals surface area contributed by atoms with E-state index in [2.05, 4.69) is 22.2 Å². The van der Waals surface area contributed by atoms with Gasteiger partial charge in [-0.3, -0.25) is 0 Å². The lowest BCUT2D eigenvalue weighted by Gasteiger charge is -2.10. The Morgan fingerprint density at radius 2 is 1.95 bits per heavy atom. The Morgan fingerprint density at radius 3 is 2.75 bits per heavy atom. The van der Waals surface area contributed by atoms with Crippen molar-refractivity contribution in [2.45, 2.75) is 20.8 Å². The molecule has 0 fully saturated rings. The Bertz CT molecular complexity index is 762. The monoisotopic (exact) mass is 267 g/mol. The van der Waals surface area contributed by atoms with E-state index in [4.69, 9.17) is 4.42 Å². The lowest BCUT2D eigenvalue weighted by Crippen LogP contribution is -2.06. The lowest BCUT2D eigenvalue weighted by atomic mass is 10.1. The van der Waals surface area contributed by atoms with Crippen LogP contribution in [0.5, 0.6) is 0 Å². The number of benzene rings is 1. The molecule has 0 bridgehead atoms. The number of hydrogen-bond acceptors (Lipinski definition) is 4. The van der Waals surface area contributed by atoms with E-state index in [9.17, 15) is 0 Å². The summed E-state index contributed by atoms with van der Waals surface area (Å²) in [5, 5.41) is 4.33. The van der Waals surface area contributed by atoms with Gasteiger partial charge in [0.1, 0.15) is 17.7 Å². The van der Waals surface area contributed by atoms with Gasteiger partial charge in [-0.05, 0) is 26.8 Å². The van der Waals surface area contributed by atoms with Crippen LogP contribution < -0.4 is 5.32 Å². The average Bonchev–Trinajstić information content (AvgIpc) is 2.88. The molecule has 20 heavy (non-hydrogen) atoms. The number of anilines is 1. The maximum absolute atomic E-state index is 5.57. The van der Waals surface area contributed by atoms with E-state index < -0.39 is 0 Å². The fraction of sp³-hybridized carbons (Fsp3) is 0.250. The second-order valence-corrected chi connectivity index (χ2v) is 4.78. The molecule has 0 aliphatic heterocycles. The minimum Gasteiger partial charge on any atom is -0.464 e. The van der Waals surface area contributed by atoms with Crippen LogP contribution in [0.4, 0.5) is 5.82 Å². The Hall–Kier alpha value is -2.36. The number of nitrogens with zero attached hydrogens (tertiary/aromatic N) is 2. The maximum atomic E-state index is 5.57. The SMILES string of the molecule is CCNc1nc(-c2coc3ccccc23)nc(C)c1C. The van der Waals surface area contributed by atoms with E-state index in [1.165, 1.54) is 0 Å². The molecule has 3 aromatic rings. The molecule has 3 rings (SSSR count). The fourth-order valence-corrected chi connectivity index (χ4v) is 2.24. The first-order chi connectivity index (χ1) is 9.70. The highest BCUT2D eigenvalue weighted by molar-refractivity contribution is 5.92. The Balaban J connectivity index is 2.19. The molecule has 0 saturated heterocycles. The van der Waals surface area contributed by atoms with Crippen molar-refractivity contribution in [3.63, 3.8) is 0 Å². The molecule has 2 heterocycles. The summed E-state index contributed by atoms with van der Waals surface area (Å²) in [4.78, 5) is 9.23. The largest absolute Gasteiger partial charge is 0.464 e. The highest BCUT2D eigenvalue weighted by Gasteiger charge is 2.13. The van der Waals surface area contributed by atoms with E-state index in [1.807, 2.05) is 38.1 Å². The van der Waals surface area contributed by atoms with Gasteiger partial charge in [0.2, 0.25) is 0 Å². The highest BCUT2D eigenvalue weighted by Crippen LogP contribution is 2.29. The van der Waals surface area contributed by atoms with Crippen LogP contribution in [0.15, 0.2) is 34.9 Å².